The summed E-state index contributed by atoms with van der Waals surface area (Å²) in [7, 11) is 0. The van der Waals surface area contributed by atoms with Crippen molar-refractivity contribution in [3.05, 3.63) is 28.7 Å². The molecule has 0 aliphatic rings. The standard InChI is InChI=1S/C11H12BrN3O4/c12-6-2-1-3-7(4-6)19-5-8(16)15-9(10(13)17)11(14)18/h1-4,9H,5H2,(H2,13,17)(H2,14,18)(H,15,16). The number of nitrogens with one attached hydrogen (secondary N) is 1. The predicted octanol–water partition coefficient (Wildman–Crippen LogP) is -0.717. The molecule has 0 saturated carbocycles. The highest BCUT2D eigenvalue weighted by molar-refractivity contribution is 9.10. The lowest BCUT2D eigenvalue weighted by Gasteiger charge is -2.12. The van der Waals surface area contributed by atoms with Gasteiger partial charge in [-0.15, -0.1) is 0 Å². The van der Waals surface area contributed by atoms with Gasteiger partial charge >= 0.3 is 0 Å². The summed E-state index contributed by atoms with van der Waals surface area (Å²) in [5, 5.41) is 2.08. The first-order chi connectivity index (χ1) is 8.90. The number of nitrogens with two attached hydrogens (primary N) is 2. The van der Waals surface area contributed by atoms with E-state index in [-0.39, 0.29) is 6.61 Å². The normalized spacial score (nSPS) is 10.0. The van der Waals surface area contributed by atoms with E-state index in [4.69, 9.17) is 16.2 Å². The second-order valence-corrected chi connectivity index (χ2v) is 4.47. The van der Waals surface area contributed by atoms with Crippen LogP contribution in [-0.4, -0.2) is 30.4 Å². The van der Waals surface area contributed by atoms with E-state index in [1.807, 2.05) is 0 Å². The molecule has 0 aliphatic heterocycles. The molecule has 0 fully saturated rings. The first kappa shape index (κ1) is 15.0. The van der Waals surface area contributed by atoms with Gasteiger partial charge in [-0.3, -0.25) is 14.4 Å². The monoisotopic (exact) mass is 329 g/mol. The highest BCUT2D eigenvalue weighted by Crippen LogP contribution is 2.17. The van der Waals surface area contributed by atoms with Crippen molar-refractivity contribution in [2.24, 2.45) is 11.5 Å². The summed E-state index contributed by atoms with van der Waals surface area (Å²) in [4.78, 5) is 33.2. The number of carbonyl (C=O) groups is 3. The molecule has 3 amide bonds. The van der Waals surface area contributed by atoms with Crippen LogP contribution in [0.5, 0.6) is 5.75 Å². The average molecular weight is 330 g/mol. The van der Waals surface area contributed by atoms with Crippen molar-refractivity contribution in [3.8, 4) is 5.75 Å². The maximum absolute atomic E-state index is 11.5. The number of hydrogen-bond acceptors (Lipinski definition) is 4. The van der Waals surface area contributed by atoms with E-state index >= 15 is 0 Å². The topological polar surface area (TPSA) is 125 Å². The van der Waals surface area contributed by atoms with Crippen LogP contribution in [0.25, 0.3) is 0 Å². The molecule has 1 aromatic rings. The molecule has 5 N–H and O–H groups in total. The highest BCUT2D eigenvalue weighted by Gasteiger charge is 2.23. The van der Waals surface area contributed by atoms with Crippen molar-refractivity contribution < 1.29 is 19.1 Å². The maximum Gasteiger partial charge on any atom is 0.258 e. The molecule has 0 bridgehead atoms. The molecule has 8 heteroatoms. The summed E-state index contributed by atoms with van der Waals surface area (Å²) in [6.45, 7) is -0.368. The van der Waals surface area contributed by atoms with Crippen molar-refractivity contribution in [1.82, 2.24) is 5.32 Å². The van der Waals surface area contributed by atoms with Crippen molar-refractivity contribution in [1.29, 1.82) is 0 Å². The van der Waals surface area contributed by atoms with E-state index in [0.29, 0.717) is 5.75 Å². The molecular weight excluding hydrogens is 318 g/mol. The Morgan fingerprint density at radius 2 is 1.89 bits per heavy atom. The number of rotatable bonds is 6. The van der Waals surface area contributed by atoms with Crippen LogP contribution in [0.15, 0.2) is 28.7 Å². The molecule has 0 heterocycles. The molecule has 0 saturated heterocycles. The van der Waals surface area contributed by atoms with Gasteiger partial charge < -0.3 is 21.5 Å². The lowest BCUT2D eigenvalue weighted by atomic mass is 10.2. The smallest absolute Gasteiger partial charge is 0.258 e. The quantitative estimate of drug-likeness (QED) is 0.596. The van der Waals surface area contributed by atoms with Crippen LogP contribution >= 0.6 is 15.9 Å². The number of halogens is 1. The fourth-order valence-electron chi connectivity index (χ4n) is 1.19. The number of amides is 3. The van der Waals surface area contributed by atoms with E-state index in [1.165, 1.54) is 0 Å². The van der Waals surface area contributed by atoms with Gasteiger partial charge in [-0.25, -0.2) is 0 Å². The highest BCUT2D eigenvalue weighted by atomic mass is 79.9. The Balaban J connectivity index is 2.52. The lowest BCUT2D eigenvalue weighted by Crippen LogP contribution is -2.53. The Bertz CT molecular complexity index is 492. The molecule has 0 aliphatic carbocycles. The minimum atomic E-state index is -1.54. The third-order valence-corrected chi connectivity index (χ3v) is 2.53. The largest absolute Gasteiger partial charge is 0.484 e. The fraction of sp³-hybridized carbons (Fsp3) is 0.182. The fourth-order valence-corrected chi connectivity index (χ4v) is 1.57. The Morgan fingerprint density at radius 3 is 2.42 bits per heavy atom. The van der Waals surface area contributed by atoms with E-state index < -0.39 is 23.8 Å². The summed E-state index contributed by atoms with van der Waals surface area (Å²) >= 11 is 3.24. The minimum Gasteiger partial charge on any atom is -0.484 e. The molecule has 102 valence electrons. The molecule has 19 heavy (non-hydrogen) atoms. The predicted molar refractivity (Wildman–Crippen MR) is 70.0 cm³/mol. The Kier molecular flexibility index (Phi) is 5.31. The maximum atomic E-state index is 11.5. The number of ether oxygens (including phenoxy) is 1. The zero-order valence-corrected chi connectivity index (χ0v) is 11.3. The van der Waals surface area contributed by atoms with Gasteiger partial charge in [0.2, 0.25) is 11.8 Å². The summed E-state index contributed by atoms with van der Waals surface area (Å²) in [6, 6.07) is 5.29. The third-order valence-electron chi connectivity index (χ3n) is 2.04. The molecule has 7 nitrogen and oxygen atoms in total. The van der Waals surface area contributed by atoms with Gasteiger partial charge in [-0.05, 0) is 18.2 Å². The van der Waals surface area contributed by atoms with Crippen LogP contribution < -0.4 is 21.5 Å². The van der Waals surface area contributed by atoms with Crippen molar-refractivity contribution >= 4 is 33.7 Å². The minimum absolute atomic E-state index is 0.368. The van der Waals surface area contributed by atoms with Gasteiger partial charge in [0.15, 0.2) is 12.6 Å². The second-order valence-electron chi connectivity index (χ2n) is 3.55. The van der Waals surface area contributed by atoms with Gasteiger partial charge in [-0.2, -0.15) is 0 Å². The summed E-state index contributed by atoms with van der Waals surface area (Å²) in [6.07, 6.45) is 0. The molecule has 0 unspecified atom stereocenters. The van der Waals surface area contributed by atoms with E-state index in [1.54, 1.807) is 24.3 Å². The molecule has 0 aromatic heterocycles. The molecule has 0 spiro atoms. The molecule has 1 aromatic carbocycles. The Labute approximate surface area is 117 Å². The van der Waals surface area contributed by atoms with E-state index in [9.17, 15) is 14.4 Å². The van der Waals surface area contributed by atoms with Crippen molar-refractivity contribution in [2.45, 2.75) is 6.04 Å². The number of carbonyl (C=O) groups excluding carboxylic acids is 3. The first-order valence-corrected chi connectivity index (χ1v) is 5.96. The number of primary amides is 2. The molecular formula is C11H12BrN3O4. The van der Waals surface area contributed by atoms with Crippen molar-refractivity contribution in [3.63, 3.8) is 0 Å². The SMILES string of the molecule is NC(=O)C(NC(=O)COc1cccc(Br)c1)C(N)=O. The van der Waals surface area contributed by atoms with Crippen LogP contribution in [0.1, 0.15) is 0 Å². The number of hydrogen-bond donors (Lipinski definition) is 3. The van der Waals surface area contributed by atoms with Crippen LogP contribution in [0, 0.1) is 0 Å². The number of benzene rings is 1. The first-order valence-electron chi connectivity index (χ1n) is 5.16. The van der Waals surface area contributed by atoms with Gasteiger partial charge in [0.05, 0.1) is 0 Å². The van der Waals surface area contributed by atoms with Crippen molar-refractivity contribution in [2.75, 3.05) is 6.61 Å². The van der Waals surface area contributed by atoms with Crippen LogP contribution in [0.2, 0.25) is 0 Å². The van der Waals surface area contributed by atoms with Gasteiger partial charge in [0, 0.05) is 4.47 Å². The zero-order valence-electron chi connectivity index (χ0n) is 9.76. The van der Waals surface area contributed by atoms with E-state index in [0.717, 1.165) is 4.47 Å². The Morgan fingerprint density at radius 1 is 1.26 bits per heavy atom. The summed E-state index contributed by atoms with van der Waals surface area (Å²) in [5.41, 5.74) is 9.82. The van der Waals surface area contributed by atoms with Crippen LogP contribution in [-0.2, 0) is 14.4 Å². The second kappa shape index (κ2) is 6.74. The van der Waals surface area contributed by atoms with Gasteiger partial charge in [-0.1, -0.05) is 22.0 Å². The third kappa shape index (κ3) is 4.96. The molecule has 1 rings (SSSR count). The zero-order chi connectivity index (χ0) is 14.4. The summed E-state index contributed by atoms with van der Waals surface area (Å²) in [5.74, 6) is -2.27. The Hall–Kier alpha value is -2.09. The van der Waals surface area contributed by atoms with Gasteiger partial charge in [0.1, 0.15) is 5.75 Å². The molecule has 0 radical (unpaired) electrons. The van der Waals surface area contributed by atoms with Crippen LogP contribution in [0.3, 0.4) is 0 Å². The lowest BCUT2D eigenvalue weighted by molar-refractivity contribution is -0.134. The van der Waals surface area contributed by atoms with E-state index in [2.05, 4.69) is 21.2 Å². The molecule has 0 atom stereocenters. The summed E-state index contributed by atoms with van der Waals surface area (Å²) < 4.78 is 5.95. The van der Waals surface area contributed by atoms with Crippen LogP contribution in [0.4, 0.5) is 0 Å². The van der Waals surface area contributed by atoms with Gasteiger partial charge in [0.25, 0.3) is 5.91 Å². The average Bonchev–Trinajstić information content (AvgIpc) is 2.32.